The molecule has 0 saturated heterocycles. The normalized spacial score (nSPS) is 21.6. The Hall–Kier alpha value is -2.86. The van der Waals surface area contributed by atoms with E-state index in [0.717, 1.165) is 35.9 Å². The van der Waals surface area contributed by atoms with E-state index < -0.39 is 0 Å². The van der Waals surface area contributed by atoms with E-state index in [1.54, 1.807) is 0 Å². The van der Waals surface area contributed by atoms with Gasteiger partial charge in [0.2, 0.25) is 5.90 Å². The third kappa shape index (κ3) is 3.85. The minimum absolute atomic E-state index is 0.0662. The van der Waals surface area contributed by atoms with Gasteiger partial charge in [0.15, 0.2) is 0 Å². The summed E-state index contributed by atoms with van der Waals surface area (Å²) in [6, 6.07) is 12.5. The van der Waals surface area contributed by atoms with Gasteiger partial charge in [-0.25, -0.2) is 0 Å². The van der Waals surface area contributed by atoms with Crippen molar-refractivity contribution in [1.82, 2.24) is 9.55 Å². The van der Waals surface area contributed by atoms with E-state index in [2.05, 4.69) is 29.2 Å². The number of aromatic nitrogens is 2. The number of rotatable bonds is 5. The van der Waals surface area contributed by atoms with Crippen molar-refractivity contribution < 1.29 is 9.84 Å². The fourth-order valence-corrected chi connectivity index (χ4v) is 4.46. The Morgan fingerprint density at radius 3 is 2.86 bits per heavy atom. The van der Waals surface area contributed by atoms with Gasteiger partial charge >= 0.3 is 0 Å². The summed E-state index contributed by atoms with van der Waals surface area (Å²) in [7, 11) is 1.47. The Morgan fingerprint density at radius 2 is 2.07 bits per heavy atom. The molecule has 1 saturated carbocycles. The zero-order chi connectivity index (χ0) is 20.5. The summed E-state index contributed by atoms with van der Waals surface area (Å²) < 4.78 is 6.98. The first-order chi connectivity index (χ1) is 14.0. The average Bonchev–Trinajstić information content (AvgIpc) is 3.27. The van der Waals surface area contributed by atoms with Crippen LogP contribution < -0.4 is 5.73 Å². The predicted molar refractivity (Wildman–Crippen MR) is 115 cm³/mol. The van der Waals surface area contributed by atoms with Crippen LogP contribution in [0, 0.1) is 18.3 Å². The van der Waals surface area contributed by atoms with E-state index in [0.29, 0.717) is 17.8 Å². The van der Waals surface area contributed by atoms with Crippen molar-refractivity contribution in [3.63, 3.8) is 0 Å². The lowest BCUT2D eigenvalue weighted by Gasteiger charge is -2.16. The molecule has 0 unspecified atom stereocenters. The van der Waals surface area contributed by atoms with Gasteiger partial charge in [-0.15, -0.1) is 0 Å². The highest BCUT2D eigenvalue weighted by atomic mass is 16.5. The molecule has 0 aliphatic heterocycles. The van der Waals surface area contributed by atoms with Gasteiger partial charge in [0.1, 0.15) is 5.82 Å². The maximum Gasteiger partial charge on any atom is 0.216 e. The second kappa shape index (κ2) is 7.87. The van der Waals surface area contributed by atoms with E-state index >= 15 is 0 Å². The largest absolute Gasteiger partial charge is 0.481 e. The number of pyridine rings is 1. The monoisotopic (exact) mass is 392 g/mol. The Kier molecular flexibility index (Phi) is 5.28. The summed E-state index contributed by atoms with van der Waals surface area (Å²) >= 11 is 0. The number of nitrogens with two attached hydrogens (primary N) is 1. The molecule has 1 aliphatic rings. The summed E-state index contributed by atoms with van der Waals surface area (Å²) in [5.74, 6) is 0.829. The van der Waals surface area contributed by atoms with E-state index in [9.17, 15) is 5.11 Å². The first-order valence-corrected chi connectivity index (χ1v) is 10.1. The number of benzene rings is 1. The average molecular weight is 393 g/mol. The zero-order valence-corrected chi connectivity index (χ0v) is 16.9. The molecule has 4 N–H and O–H groups in total. The van der Waals surface area contributed by atoms with Crippen LogP contribution in [0.15, 0.2) is 42.6 Å². The van der Waals surface area contributed by atoms with Crippen molar-refractivity contribution in [1.29, 1.82) is 5.41 Å². The molecule has 0 bridgehead atoms. The molecule has 1 fully saturated rings. The smallest absolute Gasteiger partial charge is 0.216 e. The van der Waals surface area contributed by atoms with E-state index in [1.165, 1.54) is 12.7 Å². The van der Waals surface area contributed by atoms with Crippen molar-refractivity contribution in [2.24, 2.45) is 5.92 Å². The van der Waals surface area contributed by atoms with Crippen molar-refractivity contribution in [2.45, 2.75) is 44.8 Å². The van der Waals surface area contributed by atoms with Crippen LogP contribution in [0.5, 0.6) is 0 Å². The SMILES string of the molecule is COC(=N)c1ccn([C@@H]2C[C@H](CCc3ccc4ccc(C)nc4c3)[C@@H](O)C2)c1N. The number of aryl methyl sites for hydroxylation is 2. The highest BCUT2D eigenvalue weighted by molar-refractivity contribution is 5.96. The quantitative estimate of drug-likeness (QED) is 0.454. The number of anilines is 1. The topological polar surface area (TPSA) is 97.1 Å². The van der Waals surface area contributed by atoms with Crippen molar-refractivity contribution in [2.75, 3.05) is 12.8 Å². The molecule has 6 nitrogen and oxygen atoms in total. The maximum absolute atomic E-state index is 10.6. The minimum Gasteiger partial charge on any atom is -0.481 e. The second-order valence-corrected chi connectivity index (χ2v) is 8.03. The summed E-state index contributed by atoms with van der Waals surface area (Å²) in [6.45, 7) is 2.01. The van der Waals surface area contributed by atoms with Crippen LogP contribution in [0.1, 0.15) is 42.1 Å². The molecule has 3 atom stereocenters. The van der Waals surface area contributed by atoms with Crippen molar-refractivity contribution in [3.05, 3.63) is 59.4 Å². The molecule has 4 rings (SSSR count). The van der Waals surface area contributed by atoms with Gasteiger partial charge in [0.05, 0.1) is 24.3 Å². The number of aliphatic hydroxyl groups excluding tert-OH is 1. The standard InChI is InChI=1S/C23H28N4O2/c1-14-3-6-16-7-4-15(11-20(16)26-14)5-8-17-12-18(13-21(17)28)27-10-9-19(22(27)24)23(25)29-2/h3-4,6-7,9-11,17-18,21,25,28H,5,8,12-13,24H2,1-2H3/t17-,18+,21-/m0/s1. The summed E-state index contributed by atoms with van der Waals surface area (Å²) in [5, 5.41) is 19.6. The second-order valence-electron chi connectivity index (χ2n) is 8.03. The van der Waals surface area contributed by atoms with Gasteiger partial charge in [-0.2, -0.15) is 0 Å². The minimum atomic E-state index is -0.340. The molecule has 3 aromatic rings. The molecule has 1 aliphatic carbocycles. The zero-order valence-electron chi connectivity index (χ0n) is 16.9. The van der Waals surface area contributed by atoms with Crippen molar-refractivity contribution in [3.8, 4) is 0 Å². The summed E-state index contributed by atoms with van der Waals surface area (Å²) in [4.78, 5) is 4.62. The molecule has 1 aromatic carbocycles. The number of methoxy groups -OCH3 is 1. The lowest BCUT2D eigenvalue weighted by atomic mass is 9.96. The molecule has 0 radical (unpaired) electrons. The van der Waals surface area contributed by atoms with Crippen LogP contribution in [0.2, 0.25) is 0 Å². The molecule has 152 valence electrons. The highest BCUT2D eigenvalue weighted by Gasteiger charge is 2.34. The number of ether oxygens (including phenoxy) is 1. The van der Waals surface area contributed by atoms with Crippen LogP contribution >= 0.6 is 0 Å². The van der Waals surface area contributed by atoms with Gasteiger partial charge < -0.3 is 20.1 Å². The molecule has 2 aromatic heterocycles. The molecule has 6 heteroatoms. The molecule has 0 amide bonds. The van der Waals surface area contributed by atoms with Gasteiger partial charge in [-0.1, -0.05) is 18.2 Å². The van der Waals surface area contributed by atoms with Crippen LogP contribution in [0.25, 0.3) is 10.9 Å². The van der Waals surface area contributed by atoms with E-state index in [4.69, 9.17) is 15.9 Å². The summed E-state index contributed by atoms with van der Waals surface area (Å²) in [6.07, 6.45) is 4.97. The number of aliphatic hydroxyl groups is 1. The third-order valence-electron chi connectivity index (χ3n) is 6.13. The lowest BCUT2D eigenvalue weighted by Crippen LogP contribution is -2.13. The Labute approximate surface area is 170 Å². The number of nitrogen functional groups attached to an aromatic ring is 1. The first-order valence-electron chi connectivity index (χ1n) is 10.1. The number of nitrogens with zero attached hydrogens (tertiary/aromatic N) is 2. The predicted octanol–water partition coefficient (Wildman–Crippen LogP) is 3.84. The number of fused-ring (bicyclic) bond motifs is 1. The fraction of sp³-hybridized carbons (Fsp3) is 0.391. The Morgan fingerprint density at radius 1 is 1.28 bits per heavy atom. The van der Waals surface area contributed by atoms with E-state index in [-0.39, 0.29) is 24.0 Å². The van der Waals surface area contributed by atoms with Gasteiger partial charge in [0, 0.05) is 23.3 Å². The van der Waals surface area contributed by atoms with Crippen LogP contribution in [-0.2, 0) is 11.2 Å². The fourth-order valence-electron chi connectivity index (χ4n) is 4.46. The van der Waals surface area contributed by atoms with Crippen LogP contribution in [0.4, 0.5) is 5.82 Å². The number of hydrogen-bond acceptors (Lipinski definition) is 5. The number of nitrogens with one attached hydrogen (secondary N) is 1. The van der Waals surface area contributed by atoms with Gasteiger partial charge in [-0.05, 0) is 62.3 Å². The summed E-state index contributed by atoms with van der Waals surface area (Å²) in [5.41, 5.74) is 10.1. The molecular formula is C23H28N4O2. The molecule has 0 spiro atoms. The Balaban J connectivity index is 1.43. The number of hydrogen-bond donors (Lipinski definition) is 3. The van der Waals surface area contributed by atoms with Crippen LogP contribution in [0.3, 0.4) is 0 Å². The molecular weight excluding hydrogens is 364 g/mol. The van der Waals surface area contributed by atoms with Gasteiger partial charge in [-0.3, -0.25) is 10.4 Å². The maximum atomic E-state index is 10.6. The Bertz CT molecular complexity index is 1040. The molecule has 29 heavy (non-hydrogen) atoms. The van der Waals surface area contributed by atoms with E-state index in [1.807, 2.05) is 29.8 Å². The van der Waals surface area contributed by atoms with Gasteiger partial charge in [0.25, 0.3) is 0 Å². The lowest BCUT2D eigenvalue weighted by molar-refractivity contribution is 0.127. The van der Waals surface area contributed by atoms with Crippen LogP contribution in [-0.4, -0.2) is 33.8 Å². The van der Waals surface area contributed by atoms with Crippen molar-refractivity contribution >= 4 is 22.6 Å². The highest BCUT2D eigenvalue weighted by Crippen LogP contribution is 2.39. The third-order valence-corrected chi connectivity index (χ3v) is 6.13. The first kappa shape index (κ1) is 19.5. The molecule has 2 heterocycles.